The summed E-state index contributed by atoms with van der Waals surface area (Å²) in [7, 11) is 0. The molecule has 2 aromatic carbocycles. The van der Waals surface area contributed by atoms with Gasteiger partial charge in [0.25, 0.3) is 5.56 Å². The van der Waals surface area contributed by atoms with Gasteiger partial charge in [0.05, 0.1) is 22.1 Å². The quantitative estimate of drug-likeness (QED) is 0.452. The van der Waals surface area contributed by atoms with E-state index in [1.165, 1.54) is 17.8 Å². The number of benzene rings is 2. The van der Waals surface area contributed by atoms with E-state index in [-0.39, 0.29) is 22.2 Å². The molecule has 1 N–H and O–H groups in total. The van der Waals surface area contributed by atoms with E-state index in [0.717, 1.165) is 10.9 Å². The van der Waals surface area contributed by atoms with E-state index in [4.69, 9.17) is 21.4 Å². The van der Waals surface area contributed by atoms with Crippen molar-refractivity contribution in [1.29, 1.82) is 0 Å². The van der Waals surface area contributed by atoms with Crippen LogP contribution in [0.1, 0.15) is 44.5 Å². The van der Waals surface area contributed by atoms with Crippen molar-refractivity contribution in [2.24, 2.45) is 5.10 Å². The highest BCUT2D eigenvalue weighted by Crippen LogP contribution is 2.26. The van der Waals surface area contributed by atoms with Gasteiger partial charge in [0.2, 0.25) is 0 Å². The Morgan fingerprint density at radius 2 is 2.06 bits per heavy atom. The normalized spacial score (nSPS) is 13.5. The van der Waals surface area contributed by atoms with Crippen LogP contribution in [-0.2, 0) is 4.79 Å². The summed E-state index contributed by atoms with van der Waals surface area (Å²) in [6.45, 7) is 5.43. The Morgan fingerprint density at radius 1 is 1.32 bits per heavy atom. The number of carbonyl (C=O) groups is 1. The maximum atomic E-state index is 13.1. The van der Waals surface area contributed by atoms with Crippen molar-refractivity contribution in [3.8, 4) is 5.75 Å². The zero-order valence-electron chi connectivity index (χ0n) is 17.2. The van der Waals surface area contributed by atoms with Gasteiger partial charge in [0, 0.05) is 10.4 Å². The second-order valence-electron chi connectivity index (χ2n) is 7.09. The number of hydrogen-bond donors (Lipinski definition) is 1. The van der Waals surface area contributed by atoms with E-state index in [0.29, 0.717) is 22.3 Å². The molecule has 1 heterocycles. The number of hydrogen-bond acceptors (Lipinski definition) is 5. The maximum absolute atomic E-state index is 13.1. The first kappa shape index (κ1) is 23.0. The molecule has 0 aliphatic carbocycles. The number of halogens is 2. The van der Waals surface area contributed by atoms with Crippen molar-refractivity contribution >= 4 is 50.6 Å². The summed E-state index contributed by atoms with van der Waals surface area (Å²) in [6, 6.07) is 10.2. The Balaban J connectivity index is 2.02. The maximum Gasteiger partial charge on any atom is 0.344 e. The molecule has 3 aromatic rings. The van der Waals surface area contributed by atoms with Gasteiger partial charge in [-0.05, 0) is 55.3 Å². The first-order chi connectivity index (χ1) is 14.7. The lowest BCUT2D eigenvalue weighted by atomic mass is 10.1. The smallest absolute Gasteiger partial charge is 0.344 e. The van der Waals surface area contributed by atoms with Crippen molar-refractivity contribution in [3.05, 3.63) is 67.6 Å². The summed E-state index contributed by atoms with van der Waals surface area (Å²) in [6.07, 6.45) is 1.27. The van der Waals surface area contributed by atoms with Gasteiger partial charge >= 0.3 is 5.97 Å². The molecule has 0 radical (unpaired) electrons. The van der Waals surface area contributed by atoms with Gasteiger partial charge in [-0.2, -0.15) is 9.78 Å². The van der Waals surface area contributed by atoms with Crippen LogP contribution in [-0.4, -0.2) is 33.1 Å². The number of rotatable bonds is 7. The molecular weight excluding hydrogens is 486 g/mol. The Hall–Kier alpha value is -2.71. The minimum absolute atomic E-state index is 0.0229. The summed E-state index contributed by atoms with van der Waals surface area (Å²) in [5.41, 5.74) is 0.975. The second-order valence-corrected chi connectivity index (χ2v) is 8.41. The van der Waals surface area contributed by atoms with Gasteiger partial charge in [-0.3, -0.25) is 4.79 Å². The van der Waals surface area contributed by atoms with Crippen molar-refractivity contribution in [1.82, 2.24) is 9.66 Å². The van der Waals surface area contributed by atoms with Gasteiger partial charge in [-0.1, -0.05) is 41.4 Å². The van der Waals surface area contributed by atoms with Gasteiger partial charge in [0.15, 0.2) is 6.10 Å². The van der Waals surface area contributed by atoms with Crippen LogP contribution >= 0.6 is 27.5 Å². The Bertz CT molecular complexity index is 1230. The molecule has 0 aliphatic heterocycles. The van der Waals surface area contributed by atoms with E-state index in [1.807, 2.05) is 19.9 Å². The summed E-state index contributed by atoms with van der Waals surface area (Å²) >= 11 is 9.62. The molecule has 0 fully saturated rings. The fourth-order valence-electron chi connectivity index (χ4n) is 2.84. The van der Waals surface area contributed by atoms with E-state index >= 15 is 0 Å². The number of aliphatic carboxylic acids is 1. The molecular formula is C22H21BrClN3O4. The van der Waals surface area contributed by atoms with Crippen LogP contribution in [0.3, 0.4) is 0 Å². The third kappa shape index (κ3) is 5.14. The molecule has 0 aliphatic rings. The van der Waals surface area contributed by atoms with Crippen molar-refractivity contribution in [3.63, 3.8) is 0 Å². The SMILES string of the molecule is CC[C@@H](C)c1nc2ccc(Br)cc2c(=O)n1N=Cc1ccc(O[C@@H](C)C(=O)O)c(Cl)c1. The van der Waals surface area contributed by atoms with Crippen LogP contribution in [0.5, 0.6) is 5.75 Å². The largest absolute Gasteiger partial charge is 0.479 e. The molecule has 0 amide bonds. The van der Waals surface area contributed by atoms with Crippen molar-refractivity contribution < 1.29 is 14.6 Å². The zero-order chi connectivity index (χ0) is 22.7. The highest BCUT2D eigenvalue weighted by atomic mass is 79.9. The van der Waals surface area contributed by atoms with E-state index in [9.17, 15) is 9.59 Å². The summed E-state index contributed by atoms with van der Waals surface area (Å²) in [4.78, 5) is 28.8. The molecule has 0 spiro atoms. The van der Waals surface area contributed by atoms with Crippen LogP contribution < -0.4 is 10.3 Å². The molecule has 7 nitrogen and oxygen atoms in total. The lowest BCUT2D eigenvalue weighted by Crippen LogP contribution is -2.23. The molecule has 0 saturated heterocycles. The minimum atomic E-state index is -1.09. The zero-order valence-corrected chi connectivity index (χ0v) is 19.5. The van der Waals surface area contributed by atoms with Crippen LogP contribution in [0.2, 0.25) is 5.02 Å². The number of aromatic nitrogens is 2. The van der Waals surface area contributed by atoms with Crippen molar-refractivity contribution in [2.75, 3.05) is 0 Å². The first-order valence-electron chi connectivity index (χ1n) is 9.66. The summed E-state index contributed by atoms with van der Waals surface area (Å²) in [5, 5.41) is 14.1. The lowest BCUT2D eigenvalue weighted by molar-refractivity contribution is -0.144. The van der Waals surface area contributed by atoms with Crippen LogP contribution in [0.4, 0.5) is 0 Å². The monoisotopic (exact) mass is 505 g/mol. The molecule has 162 valence electrons. The van der Waals surface area contributed by atoms with E-state index in [1.54, 1.807) is 30.3 Å². The number of carboxylic acids is 1. The lowest BCUT2D eigenvalue weighted by Gasteiger charge is -2.14. The number of fused-ring (bicyclic) bond motifs is 1. The topological polar surface area (TPSA) is 93.8 Å². The van der Waals surface area contributed by atoms with Crippen LogP contribution in [0, 0.1) is 0 Å². The number of nitrogens with zero attached hydrogens (tertiary/aromatic N) is 3. The fraction of sp³-hybridized carbons (Fsp3) is 0.273. The third-order valence-electron chi connectivity index (χ3n) is 4.82. The summed E-state index contributed by atoms with van der Waals surface area (Å²) < 4.78 is 7.42. The molecule has 9 heteroatoms. The van der Waals surface area contributed by atoms with E-state index in [2.05, 4.69) is 26.0 Å². The van der Waals surface area contributed by atoms with Gasteiger partial charge in [0.1, 0.15) is 11.6 Å². The molecule has 0 unspecified atom stereocenters. The van der Waals surface area contributed by atoms with Gasteiger partial charge < -0.3 is 9.84 Å². The standard InChI is InChI=1S/C22H21BrClN3O4/c1-4-12(2)20-26-18-7-6-15(23)10-16(18)21(28)27(20)25-11-14-5-8-19(17(24)9-14)31-13(3)22(29)30/h5-13H,4H2,1-3H3,(H,29,30)/t12-,13+/m1/s1. The predicted octanol–water partition coefficient (Wildman–Crippen LogP) is 5.06. The average molecular weight is 507 g/mol. The molecule has 0 bridgehead atoms. The molecule has 0 saturated carbocycles. The number of carboxylic acid groups (broad SMARTS) is 1. The highest BCUT2D eigenvalue weighted by Gasteiger charge is 2.16. The van der Waals surface area contributed by atoms with Crippen LogP contribution in [0.25, 0.3) is 10.9 Å². The first-order valence-corrected chi connectivity index (χ1v) is 10.8. The van der Waals surface area contributed by atoms with E-state index < -0.39 is 12.1 Å². The third-order valence-corrected chi connectivity index (χ3v) is 5.60. The van der Waals surface area contributed by atoms with Crippen LogP contribution in [0.15, 0.2) is 50.8 Å². The molecule has 31 heavy (non-hydrogen) atoms. The predicted molar refractivity (Wildman–Crippen MR) is 125 cm³/mol. The molecule has 2 atom stereocenters. The minimum Gasteiger partial charge on any atom is -0.479 e. The highest BCUT2D eigenvalue weighted by molar-refractivity contribution is 9.10. The van der Waals surface area contributed by atoms with Gasteiger partial charge in [-0.15, -0.1) is 0 Å². The molecule has 3 rings (SSSR count). The number of ether oxygens (including phenoxy) is 1. The van der Waals surface area contributed by atoms with Crippen molar-refractivity contribution in [2.45, 2.75) is 39.2 Å². The Kier molecular flexibility index (Phi) is 7.12. The summed E-state index contributed by atoms with van der Waals surface area (Å²) in [5.74, 6) is -0.243. The Morgan fingerprint density at radius 3 is 2.71 bits per heavy atom. The average Bonchev–Trinajstić information content (AvgIpc) is 2.74. The molecule has 1 aromatic heterocycles. The second kappa shape index (κ2) is 9.62. The Labute approximate surface area is 192 Å². The van der Waals surface area contributed by atoms with Gasteiger partial charge in [-0.25, -0.2) is 9.78 Å². The fourth-order valence-corrected chi connectivity index (χ4v) is 3.43.